The highest BCUT2D eigenvalue weighted by molar-refractivity contribution is 5.45. The Balaban J connectivity index is 1.91. The second kappa shape index (κ2) is 7.05. The maximum atomic E-state index is 12.9. The SMILES string of the molecule is CCCNCc1cc(CN(C)c2ccc(F)cc2)on1. The molecule has 1 N–H and O–H groups in total. The molecular weight excluding hydrogens is 257 g/mol. The van der Waals surface area contributed by atoms with Gasteiger partial charge in [-0.25, -0.2) is 4.39 Å². The Labute approximate surface area is 118 Å². The van der Waals surface area contributed by atoms with Gasteiger partial charge >= 0.3 is 0 Å². The van der Waals surface area contributed by atoms with Gasteiger partial charge in [0, 0.05) is 25.3 Å². The van der Waals surface area contributed by atoms with Crippen LogP contribution in [0.15, 0.2) is 34.9 Å². The van der Waals surface area contributed by atoms with Crippen LogP contribution in [0.5, 0.6) is 0 Å². The molecule has 0 spiro atoms. The van der Waals surface area contributed by atoms with Crippen LogP contribution in [0.1, 0.15) is 24.8 Å². The summed E-state index contributed by atoms with van der Waals surface area (Å²) in [4.78, 5) is 1.99. The van der Waals surface area contributed by atoms with E-state index in [1.165, 1.54) is 12.1 Å². The van der Waals surface area contributed by atoms with Crippen LogP contribution < -0.4 is 10.2 Å². The quantitative estimate of drug-likeness (QED) is 0.790. The summed E-state index contributed by atoms with van der Waals surface area (Å²) in [7, 11) is 1.94. The van der Waals surface area contributed by atoms with Gasteiger partial charge in [0.25, 0.3) is 0 Å². The number of nitrogens with one attached hydrogen (secondary N) is 1. The smallest absolute Gasteiger partial charge is 0.156 e. The first-order valence-corrected chi connectivity index (χ1v) is 6.81. The number of aromatic nitrogens is 1. The molecule has 0 saturated heterocycles. The van der Waals surface area contributed by atoms with Crippen molar-refractivity contribution in [2.45, 2.75) is 26.4 Å². The van der Waals surface area contributed by atoms with Gasteiger partial charge < -0.3 is 14.7 Å². The van der Waals surface area contributed by atoms with Crippen LogP contribution >= 0.6 is 0 Å². The summed E-state index contributed by atoms with van der Waals surface area (Å²) < 4.78 is 18.2. The van der Waals surface area contributed by atoms with E-state index in [-0.39, 0.29) is 5.82 Å². The van der Waals surface area contributed by atoms with Crippen LogP contribution in [0.3, 0.4) is 0 Å². The zero-order valence-electron chi connectivity index (χ0n) is 11.9. The summed E-state index contributed by atoms with van der Waals surface area (Å²) in [6.07, 6.45) is 1.10. The lowest BCUT2D eigenvalue weighted by Crippen LogP contribution is -2.16. The molecule has 0 saturated carbocycles. The minimum Gasteiger partial charge on any atom is -0.367 e. The summed E-state index contributed by atoms with van der Waals surface area (Å²) in [5.74, 6) is 0.566. The zero-order chi connectivity index (χ0) is 14.4. The lowest BCUT2D eigenvalue weighted by molar-refractivity contribution is 0.375. The maximum absolute atomic E-state index is 12.9. The molecule has 0 bridgehead atoms. The summed E-state index contributed by atoms with van der Waals surface area (Å²) in [6.45, 7) is 4.42. The molecule has 0 atom stereocenters. The predicted molar refractivity (Wildman–Crippen MR) is 77.0 cm³/mol. The zero-order valence-corrected chi connectivity index (χ0v) is 11.9. The number of hydrogen-bond donors (Lipinski definition) is 1. The van der Waals surface area contributed by atoms with Gasteiger partial charge in [-0.1, -0.05) is 12.1 Å². The van der Waals surface area contributed by atoms with Crippen LogP contribution in [-0.2, 0) is 13.1 Å². The Morgan fingerprint density at radius 1 is 1.30 bits per heavy atom. The molecule has 2 rings (SSSR count). The summed E-state index contributed by atoms with van der Waals surface area (Å²) in [5.41, 5.74) is 1.84. The first-order valence-electron chi connectivity index (χ1n) is 6.81. The van der Waals surface area contributed by atoms with Gasteiger partial charge in [-0.2, -0.15) is 0 Å². The normalized spacial score (nSPS) is 10.8. The van der Waals surface area contributed by atoms with Gasteiger partial charge in [0.15, 0.2) is 5.76 Å². The van der Waals surface area contributed by atoms with E-state index in [1.54, 1.807) is 12.1 Å². The Morgan fingerprint density at radius 2 is 2.05 bits per heavy atom. The van der Waals surface area contributed by atoms with Crippen molar-refractivity contribution in [3.05, 3.63) is 47.6 Å². The first kappa shape index (κ1) is 14.5. The molecule has 1 aromatic carbocycles. The summed E-state index contributed by atoms with van der Waals surface area (Å²) >= 11 is 0. The minimum absolute atomic E-state index is 0.230. The second-order valence-electron chi connectivity index (χ2n) is 4.79. The van der Waals surface area contributed by atoms with Crippen molar-refractivity contribution in [2.75, 3.05) is 18.5 Å². The molecule has 20 heavy (non-hydrogen) atoms. The molecule has 0 aliphatic heterocycles. The van der Waals surface area contributed by atoms with Gasteiger partial charge in [-0.05, 0) is 37.2 Å². The summed E-state index contributed by atoms with van der Waals surface area (Å²) in [6, 6.07) is 8.34. The van der Waals surface area contributed by atoms with Crippen molar-refractivity contribution < 1.29 is 8.91 Å². The fourth-order valence-electron chi connectivity index (χ4n) is 1.93. The van der Waals surface area contributed by atoms with Gasteiger partial charge in [-0.3, -0.25) is 0 Å². The Morgan fingerprint density at radius 3 is 2.75 bits per heavy atom. The topological polar surface area (TPSA) is 41.3 Å². The van der Waals surface area contributed by atoms with E-state index in [1.807, 2.05) is 18.0 Å². The number of halogens is 1. The summed E-state index contributed by atoms with van der Waals surface area (Å²) in [5, 5.41) is 7.30. The minimum atomic E-state index is -0.230. The van der Waals surface area contributed by atoms with E-state index >= 15 is 0 Å². The van der Waals surface area contributed by atoms with E-state index < -0.39 is 0 Å². The molecule has 0 fully saturated rings. The predicted octanol–water partition coefficient (Wildman–Crippen LogP) is 2.95. The fourth-order valence-corrected chi connectivity index (χ4v) is 1.93. The molecule has 0 radical (unpaired) electrons. The van der Waals surface area contributed by atoms with Crippen molar-refractivity contribution in [1.29, 1.82) is 0 Å². The van der Waals surface area contributed by atoms with Gasteiger partial charge in [0.2, 0.25) is 0 Å². The third-order valence-electron chi connectivity index (χ3n) is 3.00. The third-order valence-corrected chi connectivity index (χ3v) is 3.00. The molecule has 0 unspecified atom stereocenters. The van der Waals surface area contributed by atoms with E-state index in [0.717, 1.165) is 36.7 Å². The van der Waals surface area contributed by atoms with Crippen molar-refractivity contribution in [3.63, 3.8) is 0 Å². The first-order chi connectivity index (χ1) is 9.69. The molecule has 1 heterocycles. The molecule has 0 amide bonds. The van der Waals surface area contributed by atoms with Crippen LogP contribution in [0.25, 0.3) is 0 Å². The lowest BCUT2D eigenvalue weighted by atomic mass is 10.2. The average Bonchev–Trinajstić information content (AvgIpc) is 2.87. The van der Waals surface area contributed by atoms with Crippen molar-refractivity contribution >= 4 is 5.69 Å². The Bertz CT molecular complexity index is 524. The van der Waals surface area contributed by atoms with Gasteiger partial charge in [-0.15, -0.1) is 0 Å². The third kappa shape index (κ3) is 4.06. The van der Waals surface area contributed by atoms with Crippen LogP contribution in [0, 0.1) is 5.82 Å². The van der Waals surface area contributed by atoms with Crippen LogP contribution in [0.2, 0.25) is 0 Å². The molecule has 108 valence electrons. The van der Waals surface area contributed by atoms with Crippen molar-refractivity contribution in [2.24, 2.45) is 0 Å². The molecule has 1 aromatic heterocycles. The van der Waals surface area contributed by atoms with Gasteiger partial charge in [0.05, 0.1) is 12.2 Å². The number of hydrogen-bond acceptors (Lipinski definition) is 4. The molecule has 4 nitrogen and oxygen atoms in total. The molecule has 5 heteroatoms. The molecule has 0 aliphatic carbocycles. The van der Waals surface area contributed by atoms with E-state index in [0.29, 0.717) is 6.54 Å². The van der Waals surface area contributed by atoms with Gasteiger partial charge in [0.1, 0.15) is 5.82 Å². The van der Waals surface area contributed by atoms with E-state index in [2.05, 4.69) is 17.4 Å². The molecule has 0 aliphatic rings. The highest BCUT2D eigenvalue weighted by Crippen LogP contribution is 2.16. The number of anilines is 1. The number of rotatable bonds is 7. The Kier molecular flexibility index (Phi) is 5.12. The number of nitrogens with zero attached hydrogens (tertiary/aromatic N) is 2. The highest BCUT2D eigenvalue weighted by atomic mass is 19.1. The monoisotopic (exact) mass is 277 g/mol. The lowest BCUT2D eigenvalue weighted by Gasteiger charge is -2.17. The fraction of sp³-hybridized carbons (Fsp3) is 0.400. The standard InChI is InChI=1S/C15H20FN3O/c1-3-8-17-10-13-9-15(20-18-13)11-19(2)14-6-4-12(16)5-7-14/h4-7,9,17H,3,8,10-11H2,1-2H3. The van der Waals surface area contributed by atoms with Crippen molar-refractivity contribution in [1.82, 2.24) is 10.5 Å². The second-order valence-corrected chi connectivity index (χ2v) is 4.79. The van der Waals surface area contributed by atoms with Crippen LogP contribution in [0.4, 0.5) is 10.1 Å². The Hall–Kier alpha value is -1.88. The highest BCUT2D eigenvalue weighted by Gasteiger charge is 2.08. The molecule has 2 aromatic rings. The average molecular weight is 277 g/mol. The number of benzene rings is 1. The van der Waals surface area contributed by atoms with E-state index in [4.69, 9.17) is 4.52 Å². The molecular formula is C15H20FN3O. The van der Waals surface area contributed by atoms with Crippen LogP contribution in [-0.4, -0.2) is 18.7 Å². The van der Waals surface area contributed by atoms with E-state index in [9.17, 15) is 4.39 Å². The van der Waals surface area contributed by atoms with Crippen molar-refractivity contribution in [3.8, 4) is 0 Å². The maximum Gasteiger partial charge on any atom is 0.156 e. The largest absolute Gasteiger partial charge is 0.367 e.